The lowest BCUT2D eigenvalue weighted by molar-refractivity contribution is -0.117. The lowest BCUT2D eigenvalue weighted by Gasteiger charge is -2.01. The van der Waals surface area contributed by atoms with E-state index >= 15 is 0 Å². The van der Waals surface area contributed by atoms with Gasteiger partial charge in [-0.1, -0.05) is 29.5 Å². The molecule has 0 atom stereocenters. The van der Waals surface area contributed by atoms with E-state index < -0.39 is 0 Å². The molecular formula is C20H20N2O3S2. The second-order valence-corrected chi connectivity index (χ2v) is 7.94. The van der Waals surface area contributed by atoms with E-state index in [2.05, 4.69) is 4.99 Å². The Bertz CT molecular complexity index is 1020. The number of rotatable bonds is 6. The first-order valence-corrected chi connectivity index (χ1v) is 10.4. The van der Waals surface area contributed by atoms with E-state index in [4.69, 9.17) is 4.74 Å². The Kier molecular flexibility index (Phi) is 6.47. The fraction of sp³-hybridized carbons (Fsp3) is 0.250. The standard InChI is InChI=1S/C20H20N2O3S2/c1-3-25-19(24)14-9-10-16-17(13-14)27-20(22(16)2)21-18(23)11-12-26-15-7-5-4-6-8-15/h4-10,13H,3,11-12H2,1-2H3. The van der Waals surface area contributed by atoms with Crippen LogP contribution < -0.4 is 4.80 Å². The average molecular weight is 401 g/mol. The fourth-order valence-electron chi connectivity index (χ4n) is 2.52. The quantitative estimate of drug-likeness (QED) is 0.463. The fourth-order valence-corrected chi connectivity index (χ4v) is 4.45. The van der Waals surface area contributed by atoms with Gasteiger partial charge in [0.2, 0.25) is 5.91 Å². The molecule has 2 aromatic carbocycles. The van der Waals surface area contributed by atoms with Crippen LogP contribution in [0, 0.1) is 0 Å². The number of thiazole rings is 1. The Balaban J connectivity index is 1.73. The van der Waals surface area contributed by atoms with Crippen molar-refractivity contribution in [2.24, 2.45) is 12.0 Å². The van der Waals surface area contributed by atoms with E-state index in [-0.39, 0.29) is 11.9 Å². The number of hydrogen-bond acceptors (Lipinski definition) is 5. The minimum atomic E-state index is -0.344. The number of hydrogen-bond donors (Lipinski definition) is 0. The molecule has 1 amide bonds. The molecule has 5 nitrogen and oxygen atoms in total. The molecule has 0 radical (unpaired) electrons. The van der Waals surface area contributed by atoms with Gasteiger partial charge >= 0.3 is 5.97 Å². The molecule has 7 heteroatoms. The van der Waals surface area contributed by atoms with E-state index in [1.165, 1.54) is 11.3 Å². The van der Waals surface area contributed by atoms with Crippen molar-refractivity contribution in [3.63, 3.8) is 0 Å². The van der Waals surface area contributed by atoms with E-state index in [0.717, 1.165) is 15.1 Å². The van der Waals surface area contributed by atoms with Gasteiger partial charge < -0.3 is 9.30 Å². The second-order valence-electron chi connectivity index (χ2n) is 5.76. The van der Waals surface area contributed by atoms with Crippen molar-refractivity contribution in [3.8, 4) is 0 Å². The van der Waals surface area contributed by atoms with Crippen molar-refractivity contribution in [3.05, 3.63) is 58.9 Å². The summed E-state index contributed by atoms with van der Waals surface area (Å²) in [6, 6.07) is 15.4. The number of fused-ring (bicyclic) bond motifs is 1. The molecule has 3 rings (SSSR count). The molecule has 0 saturated carbocycles. The van der Waals surface area contributed by atoms with Gasteiger partial charge in [-0.25, -0.2) is 4.79 Å². The highest BCUT2D eigenvalue weighted by molar-refractivity contribution is 7.99. The molecule has 3 aromatic rings. The third-order valence-corrected chi connectivity index (χ3v) is 5.98. The van der Waals surface area contributed by atoms with Crippen LogP contribution in [0.1, 0.15) is 23.7 Å². The van der Waals surface area contributed by atoms with Crippen LogP contribution in [-0.2, 0) is 16.6 Å². The molecule has 140 valence electrons. The zero-order valence-electron chi connectivity index (χ0n) is 15.2. The van der Waals surface area contributed by atoms with Gasteiger partial charge in [0.25, 0.3) is 0 Å². The zero-order valence-corrected chi connectivity index (χ0v) is 16.8. The summed E-state index contributed by atoms with van der Waals surface area (Å²) in [5.41, 5.74) is 1.43. The third kappa shape index (κ3) is 4.87. The Morgan fingerprint density at radius 1 is 1.19 bits per heavy atom. The van der Waals surface area contributed by atoms with Crippen LogP contribution in [0.25, 0.3) is 10.2 Å². The number of thioether (sulfide) groups is 1. The third-order valence-electron chi connectivity index (χ3n) is 3.87. The van der Waals surface area contributed by atoms with Gasteiger partial charge in [-0.15, -0.1) is 11.8 Å². The lowest BCUT2D eigenvalue weighted by atomic mass is 10.2. The van der Waals surface area contributed by atoms with Gasteiger partial charge in [0, 0.05) is 24.1 Å². The van der Waals surface area contributed by atoms with Crippen molar-refractivity contribution in [2.45, 2.75) is 18.2 Å². The number of aryl methyl sites for hydroxylation is 1. The first-order valence-electron chi connectivity index (χ1n) is 8.60. The Morgan fingerprint density at radius 2 is 1.96 bits per heavy atom. The number of nitrogens with zero attached hydrogens (tertiary/aromatic N) is 2. The number of benzene rings is 2. The maximum absolute atomic E-state index is 12.2. The molecule has 27 heavy (non-hydrogen) atoms. The van der Waals surface area contributed by atoms with E-state index in [1.54, 1.807) is 30.8 Å². The highest BCUT2D eigenvalue weighted by Crippen LogP contribution is 2.20. The average Bonchev–Trinajstić information content (AvgIpc) is 2.98. The minimum Gasteiger partial charge on any atom is -0.462 e. The number of carbonyl (C=O) groups is 2. The normalized spacial score (nSPS) is 11.7. The first-order chi connectivity index (χ1) is 13.1. The van der Waals surface area contributed by atoms with Crippen molar-refractivity contribution in [1.82, 2.24) is 4.57 Å². The number of aromatic nitrogens is 1. The van der Waals surface area contributed by atoms with Crippen LogP contribution in [0.4, 0.5) is 0 Å². The SMILES string of the molecule is CCOC(=O)c1ccc2c(c1)sc(=NC(=O)CCSc1ccccc1)n2C. The van der Waals surface area contributed by atoms with E-state index in [1.807, 2.05) is 48.0 Å². The zero-order chi connectivity index (χ0) is 19.2. The number of carbonyl (C=O) groups excluding carboxylic acids is 2. The summed E-state index contributed by atoms with van der Waals surface area (Å²) >= 11 is 3.04. The summed E-state index contributed by atoms with van der Waals surface area (Å²) in [6.07, 6.45) is 0.377. The molecule has 0 aliphatic carbocycles. The maximum Gasteiger partial charge on any atom is 0.338 e. The molecule has 0 unspecified atom stereocenters. The summed E-state index contributed by atoms with van der Waals surface area (Å²) in [5.74, 6) is 0.197. The van der Waals surface area contributed by atoms with Gasteiger partial charge in [0.1, 0.15) is 0 Å². The molecule has 0 bridgehead atoms. The smallest absolute Gasteiger partial charge is 0.338 e. The predicted octanol–water partition coefficient (Wildman–Crippen LogP) is 4.03. The van der Waals surface area contributed by atoms with Gasteiger partial charge in [0.15, 0.2) is 4.80 Å². The molecule has 0 aliphatic heterocycles. The molecule has 0 spiro atoms. The molecule has 0 fully saturated rings. The van der Waals surface area contributed by atoms with Gasteiger partial charge in [-0.05, 0) is 37.3 Å². The molecule has 0 N–H and O–H groups in total. The van der Waals surface area contributed by atoms with Crippen LogP contribution in [-0.4, -0.2) is 28.8 Å². The van der Waals surface area contributed by atoms with Crippen LogP contribution >= 0.6 is 23.1 Å². The van der Waals surface area contributed by atoms with Crippen LogP contribution in [0.3, 0.4) is 0 Å². The van der Waals surface area contributed by atoms with E-state index in [0.29, 0.717) is 29.1 Å². The summed E-state index contributed by atoms with van der Waals surface area (Å²) in [4.78, 5) is 30.1. The Morgan fingerprint density at radius 3 is 2.70 bits per heavy atom. The molecule has 1 heterocycles. The topological polar surface area (TPSA) is 60.7 Å². The molecule has 1 aromatic heterocycles. The highest BCUT2D eigenvalue weighted by atomic mass is 32.2. The molecule has 0 saturated heterocycles. The summed E-state index contributed by atoms with van der Waals surface area (Å²) in [7, 11) is 1.87. The number of ether oxygens (including phenoxy) is 1. The van der Waals surface area contributed by atoms with Crippen molar-refractivity contribution in [1.29, 1.82) is 0 Å². The summed E-state index contributed by atoms with van der Waals surface area (Å²) in [6.45, 7) is 2.12. The Labute approximate surface area is 165 Å². The van der Waals surface area contributed by atoms with Gasteiger partial charge in [-0.2, -0.15) is 4.99 Å². The van der Waals surface area contributed by atoms with Crippen molar-refractivity contribution >= 4 is 45.2 Å². The lowest BCUT2D eigenvalue weighted by Crippen LogP contribution is -2.13. The monoisotopic (exact) mass is 400 g/mol. The largest absolute Gasteiger partial charge is 0.462 e. The molecule has 0 aliphatic rings. The van der Waals surface area contributed by atoms with E-state index in [9.17, 15) is 9.59 Å². The summed E-state index contributed by atoms with van der Waals surface area (Å²) < 4.78 is 7.81. The predicted molar refractivity (Wildman–Crippen MR) is 109 cm³/mol. The highest BCUT2D eigenvalue weighted by Gasteiger charge is 2.11. The van der Waals surface area contributed by atoms with Crippen LogP contribution in [0.5, 0.6) is 0 Å². The second kappa shape index (κ2) is 9.01. The Hall–Kier alpha value is -2.38. The minimum absolute atomic E-state index is 0.147. The maximum atomic E-state index is 12.2. The van der Waals surface area contributed by atoms with Crippen LogP contribution in [0.15, 0.2) is 58.4 Å². The van der Waals surface area contributed by atoms with Crippen LogP contribution in [0.2, 0.25) is 0 Å². The van der Waals surface area contributed by atoms with Gasteiger partial charge in [-0.3, -0.25) is 4.79 Å². The summed E-state index contributed by atoms with van der Waals surface area (Å²) in [5, 5.41) is 0. The number of amides is 1. The van der Waals surface area contributed by atoms with Crippen molar-refractivity contribution < 1.29 is 14.3 Å². The van der Waals surface area contributed by atoms with Crippen molar-refractivity contribution in [2.75, 3.05) is 12.4 Å². The first kappa shape index (κ1) is 19.4. The number of esters is 1. The van der Waals surface area contributed by atoms with Gasteiger partial charge in [0.05, 0.1) is 22.4 Å². The molecular weight excluding hydrogens is 380 g/mol.